The molecule has 0 amide bonds. The summed E-state index contributed by atoms with van der Waals surface area (Å²) in [5.74, 6) is 0. The van der Waals surface area contributed by atoms with Crippen molar-refractivity contribution in [1.82, 2.24) is 0 Å². The fourth-order valence-corrected chi connectivity index (χ4v) is 6.77. The lowest BCUT2D eigenvalue weighted by Crippen LogP contribution is -2.28. The van der Waals surface area contributed by atoms with Crippen LogP contribution in [0, 0.1) is 0 Å². The molecule has 2 heteroatoms. The van der Waals surface area contributed by atoms with Crippen molar-refractivity contribution in [1.29, 1.82) is 0 Å². The smallest absolute Gasteiger partial charge is 0.217 e. The average molecular weight is 498 g/mol. The first kappa shape index (κ1) is 24.4. The van der Waals surface area contributed by atoms with E-state index in [0.29, 0.717) is 0 Å². The third-order valence-corrected chi connectivity index (χ3v) is 8.69. The first-order valence-corrected chi connectivity index (χ1v) is 13.8. The second-order valence-electron chi connectivity index (χ2n) is 11.6. The van der Waals surface area contributed by atoms with Crippen LogP contribution >= 0.6 is 0 Å². The van der Waals surface area contributed by atoms with Gasteiger partial charge in [-0.3, -0.25) is 0 Å². The van der Waals surface area contributed by atoms with Crippen molar-refractivity contribution in [3.05, 3.63) is 121 Å². The third kappa shape index (κ3) is 3.43. The van der Waals surface area contributed by atoms with Crippen LogP contribution in [0.15, 0.2) is 109 Å². The van der Waals surface area contributed by atoms with Gasteiger partial charge in [-0.05, 0) is 55.3 Å². The van der Waals surface area contributed by atoms with E-state index in [1.165, 1.54) is 55.5 Å². The quantitative estimate of drug-likeness (QED) is 0.197. The molecule has 2 aliphatic rings. The van der Waals surface area contributed by atoms with E-state index in [1.54, 1.807) is 0 Å². The van der Waals surface area contributed by atoms with E-state index in [9.17, 15) is 0 Å². The lowest BCUT2D eigenvalue weighted by Gasteiger charge is -2.26. The standard InChI is InChI=1S/C36H37N2/c1-7-24-38-32(36(5,6)30-23-21-26-15-10-12-17-28(26)34(30)38)19-13-18-31-35(3,4)29-22-20-25-14-9-11-16-27(25)33(29)37(31)8-2/h7,9-23H,1,8,24H2,2-6H3/q+1. The minimum absolute atomic E-state index is 0.0739. The summed E-state index contributed by atoms with van der Waals surface area (Å²) in [4.78, 5) is 2.51. The zero-order valence-corrected chi connectivity index (χ0v) is 23.3. The molecule has 0 saturated heterocycles. The van der Waals surface area contributed by atoms with Crippen LogP contribution in [-0.2, 0) is 10.8 Å². The molecular weight excluding hydrogens is 460 g/mol. The molecule has 0 saturated carbocycles. The van der Waals surface area contributed by atoms with Crippen LogP contribution in [-0.4, -0.2) is 23.4 Å². The molecule has 2 aliphatic heterocycles. The maximum Gasteiger partial charge on any atom is 0.217 e. The Bertz CT molecular complexity index is 1690. The van der Waals surface area contributed by atoms with Crippen molar-refractivity contribution in [2.24, 2.45) is 0 Å². The Kier molecular flexibility index (Phi) is 5.68. The lowest BCUT2D eigenvalue weighted by atomic mass is 9.80. The number of fused-ring (bicyclic) bond motifs is 6. The second-order valence-corrected chi connectivity index (χ2v) is 11.6. The molecule has 0 aromatic heterocycles. The van der Waals surface area contributed by atoms with Crippen molar-refractivity contribution in [2.45, 2.75) is 45.4 Å². The van der Waals surface area contributed by atoms with Crippen LogP contribution in [0.1, 0.15) is 45.7 Å². The highest BCUT2D eigenvalue weighted by molar-refractivity contribution is 6.07. The maximum absolute atomic E-state index is 4.09. The molecule has 0 radical (unpaired) electrons. The average Bonchev–Trinajstić information content (AvgIpc) is 3.28. The Morgan fingerprint density at radius 3 is 2.11 bits per heavy atom. The number of rotatable bonds is 5. The summed E-state index contributed by atoms with van der Waals surface area (Å²) in [7, 11) is 0. The van der Waals surface area contributed by atoms with Gasteiger partial charge in [-0.15, -0.1) is 0 Å². The molecular formula is C36H37N2+. The molecule has 0 spiro atoms. The normalized spacial score (nSPS) is 18.7. The van der Waals surface area contributed by atoms with Crippen LogP contribution in [0.3, 0.4) is 0 Å². The number of likely N-dealkylation sites (N-methyl/N-ethyl adjacent to an activating group) is 1. The Morgan fingerprint density at radius 1 is 0.789 bits per heavy atom. The van der Waals surface area contributed by atoms with Crippen LogP contribution in [0.5, 0.6) is 0 Å². The number of benzene rings is 4. The second kappa shape index (κ2) is 8.84. The Balaban J connectivity index is 1.48. The molecule has 6 rings (SSSR count). The van der Waals surface area contributed by atoms with Gasteiger partial charge in [0.1, 0.15) is 0 Å². The summed E-state index contributed by atoms with van der Waals surface area (Å²) in [5, 5.41) is 5.21. The fourth-order valence-electron chi connectivity index (χ4n) is 6.77. The molecule has 0 atom stereocenters. The molecule has 0 aliphatic carbocycles. The summed E-state index contributed by atoms with van der Waals surface area (Å²) < 4.78 is 2.46. The van der Waals surface area contributed by atoms with Gasteiger partial charge < -0.3 is 4.90 Å². The largest absolute Gasteiger partial charge is 0.344 e. The van der Waals surface area contributed by atoms with Gasteiger partial charge in [0.15, 0.2) is 12.3 Å². The highest BCUT2D eigenvalue weighted by atomic mass is 15.2. The summed E-state index contributed by atoms with van der Waals surface area (Å²) in [6.07, 6.45) is 8.96. The highest BCUT2D eigenvalue weighted by Crippen LogP contribution is 2.50. The van der Waals surface area contributed by atoms with Crippen molar-refractivity contribution in [3.63, 3.8) is 0 Å². The van der Waals surface area contributed by atoms with Gasteiger partial charge in [-0.25, -0.2) is 0 Å². The molecule has 0 bridgehead atoms. The van der Waals surface area contributed by atoms with Crippen molar-refractivity contribution in [3.8, 4) is 0 Å². The SMILES string of the molecule is C=CC[N+]1=C(C=CC=C2N(CC)c3c(ccc4ccccc34)C2(C)C)C(C)(C)c2ccc3ccccc3c21. The minimum Gasteiger partial charge on any atom is -0.344 e. The van der Waals surface area contributed by atoms with Crippen LogP contribution in [0.2, 0.25) is 0 Å². The third-order valence-electron chi connectivity index (χ3n) is 8.69. The molecule has 190 valence electrons. The number of hydrogen-bond acceptors (Lipinski definition) is 1. The van der Waals surface area contributed by atoms with E-state index in [4.69, 9.17) is 0 Å². The number of allylic oxidation sites excluding steroid dienone is 4. The number of anilines is 1. The Labute approximate surface area is 226 Å². The monoisotopic (exact) mass is 497 g/mol. The van der Waals surface area contributed by atoms with E-state index in [0.717, 1.165) is 13.1 Å². The van der Waals surface area contributed by atoms with Crippen molar-refractivity contribution < 1.29 is 4.58 Å². The molecule has 2 heterocycles. The minimum atomic E-state index is -0.105. The Morgan fingerprint density at radius 2 is 1.42 bits per heavy atom. The van der Waals surface area contributed by atoms with Gasteiger partial charge in [0.05, 0.1) is 16.5 Å². The molecule has 4 aromatic carbocycles. The van der Waals surface area contributed by atoms with E-state index in [1.807, 2.05) is 6.08 Å². The van der Waals surface area contributed by atoms with Crippen molar-refractivity contribution in [2.75, 3.05) is 18.0 Å². The topological polar surface area (TPSA) is 6.25 Å². The molecule has 38 heavy (non-hydrogen) atoms. The van der Waals surface area contributed by atoms with E-state index in [-0.39, 0.29) is 10.8 Å². The number of hydrogen-bond donors (Lipinski definition) is 0. The van der Waals surface area contributed by atoms with Crippen LogP contribution < -0.4 is 4.90 Å². The molecule has 0 N–H and O–H groups in total. The Hall–Kier alpha value is -3.91. The predicted molar refractivity (Wildman–Crippen MR) is 164 cm³/mol. The zero-order chi connectivity index (χ0) is 26.7. The summed E-state index contributed by atoms with van der Waals surface area (Å²) in [6, 6.07) is 26.6. The first-order chi connectivity index (χ1) is 18.3. The van der Waals surface area contributed by atoms with Crippen LogP contribution in [0.4, 0.5) is 11.4 Å². The van der Waals surface area contributed by atoms with E-state index < -0.39 is 0 Å². The van der Waals surface area contributed by atoms with Gasteiger partial charge in [-0.1, -0.05) is 93.2 Å². The molecule has 0 unspecified atom stereocenters. The zero-order valence-electron chi connectivity index (χ0n) is 23.3. The molecule has 2 nitrogen and oxygen atoms in total. The fraction of sp³-hybridized carbons (Fsp3) is 0.250. The predicted octanol–water partition coefficient (Wildman–Crippen LogP) is 8.81. The summed E-state index contributed by atoms with van der Waals surface area (Å²) in [6.45, 7) is 17.5. The van der Waals surface area contributed by atoms with Gasteiger partial charge in [0.25, 0.3) is 0 Å². The summed E-state index contributed by atoms with van der Waals surface area (Å²) in [5.41, 5.74) is 7.92. The van der Waals surface area contributed by atoms with Gasteiger partial charge in [-0.2, -0.15) is 4.58 Å². The van der Waals surface area contributed by atoms with E-state index in [2.05, 4.69) is 142 Å². The van der Waals surface area contributed by atoms with Crippen molar-refractivity contribution >= 4 is 38.6 Å². The first-order valence-electron chi connectivity index (χ1n) is 13.8. The maximum atomic E-state index is 4.09. The van der Waals surface area contributed by atoms with Gasteiger partial charge in [0.2, 0.25) is 5.69 Å². The number of nitrogens with zero attached hydrogens (tertiary/aromatic N) is 2. The summed E-state index contributed by atoms with van der Waals surface area (Å²) >= 11 is 0. The van der Waals surface area contributed by atoms with E-state index >= 15 is 0 Å². The van der Waals surface area contributed by atoms with Gasteiger partial charge >= 0.3 is 0 Å². The highest BCUT2D eigenvalue weighted by Gasteiger charge is 2.45. The molecule has 4 aromatic rings. The van der Waals surface area contributed by atoms with Crippen LogP contribution in [0.25, 0.3) is 21.5 Å². The van der Waals surface area contributed by atoms with Gasteiger partial charge in [0, 0.05) is 34.7 Å². The molecule has 0 fully saturated rings. The lowest BCUT2D eigenvalue weighted by molar-refractivity contribution is -0.423.